The lowest BCUT2D eigenvalue weighted by molar-refractivity contribution is -0.122. The summed E-state index contributed by atoms with van der Waals surface area (Å²) in [4.78, 5) is 13.5. The van der Waals surface area contributed by atoms with Crippen molar-refractivity contribution in [2.75, 3.05) is 0 Å². The van der Waals surface area contributed by atoms with Crippen molar-refractivity contribution < 1.29 is 4.79 Å². The van der Waals surface area contributed by atoms with Gasteiger partial charge in [-0.1, -0.05) is 42.6 Å². The summed E-state index contributed by atoms with van der Waals surface area (Å²) >= 11 is 1.37. The second-order valence-corrected chi connectivity index (χ2v) is 6.58. The van der Waals surface area contributed by atoms with Crippen LogP contribution in [0.1, 0.15) is 53.8 Å². The van der Waals surface area contributed by atoms with E-state index >= 15 is 0 Å². The van der Waals surface area contributed by atoms with Crippen LogP contribution in [0.15, 0.2) is 24.3 Å². The molecule has 0 bridgehead atoms. The Labute approximate surface area is 128 Å². The maximum absolute atomic E-state index is 12.4. The van der Waals surface area contributed by atoms with Crippen LogP contribution in [-0.2, 0) is 17.8 Å². The van der Waals surface area contributed by atoms with Crippen LogP contribution in [0.4, 0.5) is 0 Å². The molecule has 0 saturated heterocycles. The number of rotatable bonds is 4. The highest BCUT2D eigenvalue weighted by molar-refractivity contribution is 7.05. The minimum Gasteiger partial charge on any atom is -0.351 e. The van der Waals surface area contributed by atoms with Gasteiger partial charge in [-0.15, -0.1) is 5.10 Å². The van der Waals surface area contributed by atoms with Gasteiger partial charge < -0.3 is 5.32 Å². The van der Waals surface area contributed by atoms with Gasteiger partial charge in [0.15, 0.2) is 0 Å². The van der Waals surface area contributed by atoms with Gasteiger partial charge in [0.2, 0.25) is 5.91 Å². The molecule has 1 aliphatic rings. The highest BCUT2D eigenvalue weighted by Crippen LogP contribution is 2.33. The molecular formula is C16H19N3OS. The van der Waals surface area contributed by atoms with E-state index in [1.807, 2.05) is 12.1 Å². The lowest BCUT2D eigenvalue weighted by atomic mass is 10.0. The van der Waals surface area contributed by atoms with Gasteiger partial charge in [0, 0.05) is 0 Å². The maximum atomic E-state index is 12.4. The Bertz CT molecular complexity index is 650. The van der Waals surface area contributed by atoms with Crippen molar-refractivity contribution in [2.24, 2.45) is 0 Å². The lowest BCUT2D eigenvalue weighted by Crippen LogP contribution is -2.28. The number of hydrogen-bond acceptors (Lipinski definition) is 4. The third-order valence-corrected chi connectivity index (χ3v) is 4.74. The molecule has 2 aromatic rings. The summed E-state index contributed by atoms with van der Waals surface area (Å²) in [6.45, 7) is 4.72. The number of benzene rings is 1. The number of nitrogens with one attached hydrogen (secondary N) is 1. The van der Waals surface area contributed by atoms with Crippen LogP contribution in [0.5, 0.6) is 0 Å². The standard InChI is InChI=1S/C16H19N3OS/c1-10(2)15-14(21-19-18-15)9-17-16(20)13-8-7-11-5-3-4-6-12(11)13/h3-6,10,13H,7-9H2,1-2H3,(H,17,20)/t13-/m1/s1. The van der Waals surface area contributed by atoms with E-state index in [1.165, 1.54) is 22.7 Å². The highest BCUT2D eigenvalue weighted by atomic mass is 32.1. The van der Waals surface area contributed by atoms with E-state index in [0.29, 0.717) is 12.5 Å². The van der Waals surface area contributed by atoms with Crippen molar-refractivity contribution >= 4 is 17.4 Å². The lowest BCUT2D eigenvalue weighted by Gasteiger charge is -2.12. The second-order valence-electron chi connectivity index (χ2n) is 5.74. The van der Waals surface area contributed by atoms with Gasteiger partial charge in [0.25, 0.3) is 0 Å². The first-order valence-corrected chi connectivity index (χ1v) is 8.10. The average Bonchev–Trinajstić information content (AvgIpc) is 3.11. The quantitative estimate of drug-likeness (QED) is 0.944. The molecule has 1 heterocycles. The van der Waals surface area contributed by atoms with Gasteiger partial charge in [-0.25, -0.2) is 0 Å². The van der Waals surface area contributed by atoms with Gasteiger partial charge >= 0.3 is 0 Å². The van der Waals surface area contributed by atoms with Crippen molar-refractivity contribution in [1.82, 2.24) is 14.9 Å². The SMILES string of the molecule is CC(C)c1nnsc1CNC(=O)[C@@H]1CCc2ccccc21. The normalized spacial score (nSPS) is 17.0. The molecule has 0 spiro atoms. The Morgan fingerprint density at radius 2 is 2.24 bits per heavy atom. The van der Waals surface area contributed by atoms with E-state index in [9.17, 15) is 4.79 Å². The molecule has 4 nitrogen and oxygen atoms in total. The molecule has 1 aliphatic carbocycles. The smallest absolute Gasteiger partial charge is 0.227 e. The van der Waals surface area contributed by atoms with Gasteiger partial charge in [-0.2, -0.15) is 0 Å². The van der Waals surface area contributed by atoms with E-state index in [1.54, 1.807) is 0 Å². The van der Waals surface area contributed by atoms with E-state index in [2.05, 4.69) is 40.9 Å². The monoisotopic (exact) mass is 301 g/mol. The topological polar surface area (TPSA) is 54.9 Å². The summed E-state index contributed by atoms with van der Waals surface area (Å²) in [5.41, 5.74) is 3.48. The summed E-state index contributed by atoms with van der Waals surface area (Å²) in [6, 6.07) is 8.23. The zero-order valence-electron chi connectivity index (χ0n) is 12.3. The Balaban J connectivity index is 1.67. The molecule has 1 N–H and O–H groups in total. The van der Waals surface area contributed by atoms with E-state index in [4.69, 9.17) is 0 Å². The van der Waals surface area contributed by atoms with Crippen LogP contribution in [-0.4, -0.2) is 15.5 Å². The fourth-order valence-corrected chi connectivity index (χ4v) is 3.63. The van der Waals surface area contributed by atoms with Crippen molar-refractivity contribution in [3.05, 3.63) is 46.0 Å². The van der Waals surface area contributed by atoms with Gasteiger partial charge in [-0.05, 0) is 41.4 Å². The fraction of sp³-hybridized carbons (Fsp3) is 0.438. The highest BCUT2D eigenvalue weighted by Gasteiger charge is 2.28. The summed E-state index contributed by atoms with van der Waals surface area (Å²) in [5, 5.41) is 7.20. The van der Waals surface area contributed by atoms with Gasteiger partial charge in [0.05, 0.1) is 23.0 Å². The number of amides is 1. The molecule has 1 amide bonds. The summed E-state index contributed by atoms with van der Waals surface area (Å²) in [6.07, 6.45) is 1.90. The molecule has 0 aliphatic heterocycles. The second kappa shape index (κ2) is 5.93. The molecule has 5 heteroatoms. The molecule has 1 aromatic carbocycles. The number of carbonyl (C=O) groups is 1. The van der Waals surface area contributed by atoms with Crippen LogP contribution in [0.25, 0.3) is 0 Å². The van der Waals surface area contributed by atoms with Crippen molar-refractivity contribution in [3.63, 3.8) is 0 Å². The van der Waals surface area contributed by atoms with E-state index in [-0.39, 0.29) is 11.8 Å². The molecule has 1 atom stereocenters. The van der Waals surface area contributed by atoms with Crippen LogP contribution >= 0.6 is 11.5 Å². The number of hydrogen-bond donors (Lipinski definition) is 1. The largest absolute Gasteiger partial charge is 0.351 e. The minimum atomic E-state index is -0.00965. The van der Waals surface area contributed by atoms with Crippen molar-refractivity contribution in [2.45, 2.75) is 45.1 Å². The predicted octanol–water partition coefficient (Wildman–Crippen LogP) is 3.01. The first-order valence-electron chi connectivity index (χ1n) is 7.33. The minimum absolute atomic E-state index is 0.00965. The van der Waals surface area contributed by atoms with Crippen LogP contribution in [0.2, 0.25) is 0 Å². The molecule has 1 aromatic heterocycles. The Morgan fingerprint density at radius 1 is 1.43 bits per heavy atom. The van der Waals surface area contributed by atoms with Gasteiger partial charge in [0.1, 0.15) is 0 Å². The molecule has 0 fully saturated rings. The van der Waals surface area contributed by atoms with Crippen LogP contribution < -0.4 is 5.32 Å². The molecular weight excluding hydrogens is 282 g/mol. The van der Waals surface area contributed by atoms with Crippen LogP contribution in [0.3, 0.4) is 0 Å². The molecule has 21 heavy (non-hydrogen) atoms. The fourth-order valence-electron chi connectivity index (χ4n) is 2.90. The molecule has 3 rings (SSSR count). The van der Waals surface area contributed by atoms with Crippen molar-refractivity contribution in [1.29, 1.82) is 0 Å². The third-order valence-electron chi connectivity index (χ3n) is 4.00. The van der Waals surface area contributed by atoms with Crippen LogP contribution in [0, 0.1) is 0 Å². The predicted molar refractivity (Wildman–Crippen MR) is 83.3 cm³/mol. The van der Waals surface area contributed by atoms with E-state index in [0.717, 1.165) is 23.4 Å². The number of carbonyl (C=O) groups excluding carboxylic acids is 1. The number of nitrogens with zero attached hydrogens (tertiary/aromatic N) is 2. The Kier molecular flexibility index (Phi) is 4.01. The summed E-state index contributed by atoms with van der Waals surface area (Å²) in [7, 11) is 0. The number of fused-ring (bicyclic) bond motifs is 1. The molecule has 0 radical (unpaired) electrons. The zero-order chi connectivity index (χ0) is 14.8. The van der Waals surface area contributed by atoms with E-state index < -0.39 is 0 Å². The molecule has 110 valence electrons. The zero-order valence-corrected chi connectivity index (χ0v) is 13.1. The molecule has 0 unspecified atom stereocenters. The Morgan fingerprint density at radius 3 is 3.05 bits per heavy atom. The average molecular weight is 301 g/mol. The summed E-state index contributed by atoms with van der Waals surface area (Å²) in [5.74, 6) is 0.440. The third kappa shape index (κ3) is 2.83. The van der Waals surface area contributed by atoms with Crippen molar-refractivity contribution in [3.8, 4) is 0 Å². The molecule has 0 saturated carbocycles. The number of aryl methyl sites for hydroxylation is 1. The first kappa shape index (κ1) is 14.2. The number of aromatic nitrogens is 2. The van der Waals surface area contributed by atoms with Gasteiger partial charge in [-0.3, -0.25) is 4.79 Å². The summed E-state index contributed by atoms with van der Waals surface area (Å²) < 4.78 is 4.00. The maximum Gasteiger partial charge on any atom is 0.227 e. The first-order chi connectivity index (χ1) is 10.2. The Hall–Kier alpha value is -1.75.